The zero-order valence-electron chi connectivity index (χ0n) is 12.5. The van der Waals surface area contributed by atoms with Crippen molar-refractivity contribution in [1.82, 2.24) is 19.7 Å². The number of hydrogen-bond acceptors (Lipinski definition) is 5. The van der Waals surface area contributed by atoms with Gasteiger partial charge in [0.2, 0.25) is 5.95 Å². The van der Waals surface area contributed by atoms with Gasteiger partial charge in [0.1, 0.15) is 0 Å². The van der Waals surface area contributed by atoms with Gasteiger partial charge in [0.25, 0.3) is 5.91 Å². The Labute approximate surface area is 132 Å². The van der Waals surface area contributed by atoms with E-state index in [1.165, 1.54) is 0 Å². The fraction of sp³-hybridized carbons (Fsp3) is 0.125. The standard InChI is InChI=1S/C16H14N6O/c1-17-16-18-9-13-14(20-16)10-21(15(13)23)11-3-5-12(6-4-11)22-8-2-7-19-22/h2-9H,10H2,1H3,(H,17,18,20). The molecule has 0 fully saturated rings. The van der Waals surface area contributed by atoms with E-state index < -0.39 is 0 Å². The third-order valence-corrected chi connectivity index (χ3v) is 3.81. The van der Waals surface area contributed by atoms with Gasteiger partial charge in [-0.3, -0.25) is 4.79 Å². The number of aromatic nitrogens is 4. The van der Waals surface area contributed by atoms with Crippen molar-refractivity contribution in [3.8, 4) is 5.69 Å². The highest BCUT2D eigenvalue weighted by molar-refractivity contribution is 6.09. The number of rotatable bonds is 3. The van der Waals surface area contributed by atoms with E-state index in [-0.39, 0.29) is 5.91 Å². The molecule has 1 aliphatic heterocycles. The summed E-state index contributed by atoms with van der Waals surface area (Å²) in [5, 5.41) is 7.08. The zero-order valence-corrected chi connectivity index (χ0v) is 12.5. The van der Waals surface area contributed by atoms with E-state index in [4.69, 9.17) is 0 Å². The molecule has 4 rings (SSSR count). The zero-order chi connectivity index (χ0) is 15.8. The lowest BCUT2D eigenvalue weighted by Gasteiger charge is -2.15. The van der Waals surface area contributed by atoms with Gasteiger partial charge in [-0.2, -0.15) is 5.10 Å². The maximum atomic E-state index is 12.5. The summed E-state index contributed by atoms with van der Waals surface area (Å²) < 4.78 is 1.77. The Hall–Kier alpha value is -3.22. The summed E-state index contributed by atoms with van der Waals surface area (Å²) in [5.74, 6) is 0.446. The maximum absolute atomic E-state index is 12.5. The smallest absolute Gasteiger partial charge is 0.262 e. The van der Waals surface area contributed by atoms with Crippen molar-refractivity contribution in [2.75, 3.05) is 17.3 Å². The van der Waals surface area contributed by atoms with Crippen molar-refractivity contribution >= 4 is 17.5 Å². The van der Waals surface area contributed by atoms with Crippen LogP contribution in [0.5, 0.6) is 0 Å². The van der Waals surface area contributed by atoms with Crippen LogP contribution in [-0.4, -0.2) is 32.7 Å². The molecule has 3 aromatic rings. The van der Waals surface area contributed by atoms with Crippen LogP contribution in [0, 0.1) is 0 Å². The number of amides is 1. The van der Waals surface area contributed by atoms with Gasteiger partial charge in [0, 0.05) is 31.3 Å². The highest BCUT2D eigenvalue weighted by atomic mass is 16.2. The number of anilines is 2. The first-order valence-electron chi connectivity index (χ1n) is 7.22. The number of nitrogens with zero attached hydrogens (tertiary/aromatic N) is 5. The van der Waals surface area contributed by atoms with E-state index in [1.807, 2.05) is 36.5 Å². The van der Waals surface area contributed by atoms with E-state index in [1.54, 1.807) is 29.0 Å². The molecule has 2 aromatic heterocycles. The van der Waals surface area contributed by atoms with Crippen molar-refractivity contribution in [2.45, 2.75) is 6.54 Å². The van der Waals surface area contributed by atoms with E-state index in [0.29, 0.717) is 18.1 Å². The predicted octanol–water partition coefficient (Wildman–Crippen LogP) is 1.86. The normalized spacial score (nSPS) is 13.3. The number of nitrogens with one attached hydrogen (secondary N) is 1. The van der Waals surface area contributed by atoms with Crippen LogP contribution in [0.1, 0.15) is 16.1 Å². The van der Waals surface area contributed by atoms with Crippen LogP contribution in [0.3, 0.4) is 0 Å². The Kier molecular flexibility index (Phi) is 3.04. The monoisotopic (exact) mass is 306 g/mol. The molecule has 0 bridgehead atoms. The second-order valence-corrected chi connectivity index (χ2v) is 5.16. The van der Waals surface area contributed by atoms with E-state index in [0.717, 1.165) is 17.1 Å². The van der Waals surface area contributed by atoms with Gasteiger partial charge in [-0.1, -0.05) is 0 Å². The summed E-state index contributed by atoms with van der Waals surface area (Å²) in [5.41, 5.74) is 3.07. The summed E-state index contributed by atoms with van der Waals surface area (Å²) in [6.07, 6.45) is 5.18. The molecule has 3 heterocycles. The Morgan fingerprint density at radius 1 is 1.17 bits per heavy atom. The summed E-state index contributed by atoms with van der Waals surface area (Å²) in [6.45, 7) is 0.451. The van der Waals surface area contributed by atoms with Crippen molar-refractivity contribution in [2.24, 2.45) is 0 Å². The third kappa shape index (κ3) is 2.22. The first kappa shape index (κ1) is 13.4. The molecule has 7 heteroatoms. The highest BCUT2D eigenvalue weighted by Gasteiger charge is 2.30. The van der Waals surface area contributed by atoms with Gasteiger partial charge in [-0.25, -0.2) is 14.6 Å². The molecular weight excluding hydrogens is 292 g/mol. The summed E-state index contributed by atoms with van der Waals surface area (Å²) in [7, 11) is 1.75. The maximum Gasteiger partial charge on any atom is 0.262 e. The van der Waals surface area contributed by atoms with Crippen LogP contribution in [0.25, 0.3) is 5.69 Å². The minimum Gasteiger partial charge on any atom is -0.357 e. The molecule has 1 aromatic carbocycles. The largest absolute Gasteiger partial charge is 0.357 e. The fourth-order valence-corrected chi connectivity index (χ4v) is 2.62. The molecule has 1 aliphatic rings. The molecule has 1 amide bonds. The second kappa shape index (κ2) is 5.20. The van der Waals surface area contributed by atoms with Crippen molar-refractivity contribution in [3.63, 3.8) is 0 Å². The van der Waals surface area contributed by atoms with Crippen LogP contribution in [-0.2, 0) is 6.54 Å². The van der Waals surface area contributed by atoms with Gasteiger partial charge in [-0.05, 0) is 30.3 Å². The number of carbonyl (C=O) groups excluding carboxylic acids is 1. The number of fused-ring (bicyclic) bond motifs is 1. The lowest BCUT2D eigenvalue weighted by molar-refractivity contribution is 0.0996. The fourth-order valence-electron chi connectivity index (χ4n) is 2.62. The first-order valence-corrected chi connectivity index (χ1v) is 7.22. The Bertz CT molecular complexity index is 857. The van der Waals surface area contributed by atoms with E-state index >= 15 is 0 Å². The number of hydrogen-bond donors (Lipinski definition) is 1. The molecule has 0 atom stereocenters. The minimum absolute atomic E-state index is 0.0745. The highest BCUT2D eigenvalue weighted by Crippen LogP contribution is 2.27. The van der Waals surface area contributed by atoms with Gasteiger partial charge < -0.3 is 10.2 Å². The molecule has 0 aliphatic carbocycles. The lowest BCUT2D eigenvalue weighted by atomic mass is 10.2. The van der Waals surface area contributed by atoms with Crippen molar-refractivity contribution in [3.05, 3.63) is 60.2 Å². The quantitative estimate of drug-likeness (QED) is 0.799. The minimum atomic E-state index is -0.0745. The molecule has 0 saturated heterocycles. The molecule has 0 saturated carbocycles. The molecular formula is C16H14N6O. The molecule has 0 unspecified atom stereocenters. The number of carbonyl (C=O) groups is 1. The topological polar surface area (TPSA) is 75.9 Å². The average Bonchev–Trinajstić information content (AvgIpc) is 3.23. The van der Waals surface area contributed by atoms with E-state index in [2.05, 4.69) is 20.4 Å². The van der Waals surface area contributed by atoms with Crippen molar-refractivity contribution in [1.29, 1.82) is 0 Å². The summed E-state index contributed by atoms with van der Waals surface area (Å²) in [6, 6.07) is 9.56. The molecule has 114 valence electrons. The van der Waals surface area contributed by atoms with Gasteiger partial charge in [0.15, 0.2) is 0 Å². The van der Waals surface area contributed by atoms with Gasteiger partial charge >= 0.3 is 0 Å². The third-order valence-electron chi connectivity index (χ3n) is 3.81. The second-order valence-electron chi connectivity index (χ2n) is 5.16. The molecule has 0 spiro atoms. The van der Waals surface area contributed by atoms with Crippen LogP contribution >= 0.6 is 0 Å². The van der Waals surface area contributed by atoms with E-state index in [9.17, 15) is 4.79 Å². The molecule has 23 heavy (non-hydrogen) atoms. The lowest BCUT2D eigenvalue weighted by Crippen LogP contribution is -2.22. The predicted molar refractivity (Wildman–Crippen MR) is 85.7 cm³/mol. The Morgan fingerprint density at radius 2 is 1.96 bits per heavy atom. The van der Waals surface area contributed by atoms with Gasteiger partial charge in [-0.15, -0.1) is 0 Å². The molecule has 7 nitrogen and oxygen atoms in total. The summed E-state index contributed by atoms with van der Waals surface area (Å²) in [4.78, 5) is 22.7. The summed E-state index contributed by atoms with van der Waals surface area (Å²) >= 11 is 0. The van der Waals surface area contributed by atoms with Crippen LogP contribution in [0.2, 0.25) is 0 Å². The Balaban J connectivity index is 1.63. The first-order chi connectivity index (χ1) is 11.3. The van der Waals surface area contributed by atoms with Gasteiger partial charge in [0.05, 0.1) is 23.5 Å². The average molecular weight is 306 g/mol. The SMILES string of the molecule is CNc1ncc2c(n1)CN(c1ccc(-n3cccn3)cc1)C2=O. The van der Waals surface area contributed by atoms with Crippen LogP contribution < -0.4 is 10.2 Å². The van der Waals surface area contributed by atoms with Crippen molar-refractivity contribution < 1.29 is 4.79 Å². The molecule has 0 radical (unpaired) electrons. The molecule has 1 N–H and O–H groups in total. The number of benzene rings is 1. The van der Waals surface area contributed by atoms with Crippen LogP contribution in [0.15, 0.2) is 48.9 Å². The van der Waals surface area contributed by atoms with Crippen LogP contribution in [0.4, 0.5) is 11.6 Å². The Morgan fingerprint density at radius 3 is 2.65 bits per heavy atom.